The number of aliphatic hydroxyl groups is 1. The maximum absolute atomic E-state index is 13.8. The van der Waals surface area contributed by atoms with Gasteiger partial charge in [-0.25, -0.2) is 9.37 Å². The smallest absolute Gasteiger partial charge is 0.123 e. The molecule has 0 amide bonds. The first kappa shape index (κ1) is 22.9. The van der Waals surface area contributed by atoms with Crippen LogP contribution in [-0.2, 0) is 18.3 Å². The lowest BCUT2D eigenvalue weighted by Crippen LogP contribution is -2.57. The monoisotopic (exact) mass is 437 g/mol. The van der Waals surface area contributed by atoms with Crippen molar-refractivity contribution in [2.24, 2.45) is 5.92 Å². The van der Waals surface area contributed by atoms with E-state index >= 15 is 0 Å². The number of halogens is 1. The highest BCUT2D eigenvalue weighted by atomic mass is 19.1. The predicted octanol–water partition coefficient (Wildman–Crippen LogP) is 5.25. The summed E-state index contributed by atoms with van der Waals surface area (Å²) in [6, 6.07) is 13.2. The van der Waals surface area contributed by atoms with Gasteiger partial charge in [-0.1, -0.05) is 39.0 Å². The number of nitrogens with one attached hydrogen (secondary N) is 1. The molecular weight excluding hydrogens is 401 g/mol. The molecule has 2 aromatic carbocycles. The molecule has 1 aliphatic rings. The number of rotatable bonds is 8. The third-order valence-electron chi connectivity index (χ3n) is 7.86. The van der Waals surface area contributed by atoms with Crippen molar-refractivity contribution in [2.45, 2.75) is 63.9 Å². The lowest BCUT2D eigenvalue weighted by atomic mass is 9.55. The minimum Gasteiger partial charge on any atom is -0.389 e. The van der Waals surface area contributed by atoms with Crippen LogP contribution >= 0.6 is 0 Å². The van der Waals surface area contributed by atoms with E-state index in [4.69, 9.17) is 0 Å². The van der Waals surface area contributed by atoms with Crippen molar-refractivity contribution in [3.05, 3.63) is 65.2 Å². The van der Waals surface area contributed by atoms with Crippen LogP contribution in [0, 0.1) is 11.7 Å². The number of H-pyrrole nitrogens is 1. The summed E-state index contributed by atoms with van der Waals surface area (Å²) in [5.74, 6) is 1.08. The van der Waals surface area contributed by atoms with Gasteiger partial charge in [0.25, 0.3) is 0 Å². The number of aromatic nitrogens is 2. The maximum atomic E-state index is 13.8. The van der Waals surface area contributed by atoms with Crippen molar-refractivity contribution in [1.29, 1.82) is 0 Å². The van der Waals surface area contributed by atoms with Crippen molar-refractivity contribution in [3.63, 3.8) is 0 Å². The molecule has 0 aliphatic heterocycles. The molecule has 32 heavy (non-hydrogen) atoms. The zero-order valence-corrected chi connectivity index (χ0v) is 19.8. The molecule has 0 radical (unpaired) electrons. The molecule has 172 valence electrons. The average Bonchev–Trinajstić information content (AvgIpc) is 3.18. The summed E-state index contributed by atoms with van der Waals surface area (Å²) in [6.45, 7) is 8.28. The molecule has 1 heterocycles. The second-order valence-corrected chi connectivity index (χ2v) is 10.0. The van der Waals surface area contributed by atoms with Gasteiger partial charge in [0.1, 0.15) is 11.6 Å². The molecule has 4 nitrogen and oxygen atoms in total. The molecule has 5 heteroatoms. The molecule has 0 unspecified atom stereocenters. The number of benzene rings is 2. The predicted molar refractivity (Wildman–Crippen MR) is 128 cm³/mol. The Labute approximate surface area is 190 Å². The van der Waals surface area contributed by atoms with Crippen LogP contribution in [0.4, 0.5) is 4.39 Å². The van der Waals surface area contributed by atoms with E-state index in [1.54, 1.807) is 6.07 Å². The van der Waals surface area contributed by atoms with Gasteiger partial charge in [-0.3, -0.25) is 0 Å². The van der Waals surface area contributed by atoms with Crippen LogP contribution in [0.5, 0.6) is 0 Å². The van der Waals surface area contributed by atoms with Crippen LogP contribution in [0.25, 0.3) is 11.0 Å². The number of hydrogen-bond donors (Lipinski definition) is 2. The van der Waals surface area contributed by atoms with Gasteiger partial charge in [-0.15, -0.1) is 0 Å². The summed E-state index contributed by atoms with van der Waals surface area (Å²) in [5.41, 5.74) is 3.05. The van der Waals surface area contributed by atoms with Crippen molar-refractivity contribution in [1.82, 2.24) is 14.9 Å². The molecule has 0 saturated carbocycles. The number of para-hydroxylation sites is 2. The Balaban J connectivity index is 1.37. The summed E-state index contributed by atoms with van der Waals surface area (Å²) in [6.07, 6.45) is 4.02. The SMILES string of the molecule is CC(C)[C@@]1(C)c2ccc(F)cc2CC[C@]1(O)CCN(C)CCCc1nc2ccccc2[nH]1. The van der Waals surface area contributed by atoms with Gasteiger partial charge < -0.3 is 15.0 Å². The molecule has 0 saturated heterocycles. The number of aromatic amines is 1. The molecule has 1 aliphatic carbocycles. The van der Waals surface area contributed by atoms with Crippen LogP contribution in [0.2, 0.25) is 0 Å². The fourth-order valence-electron chi connectivity index (χ4n) is 5.49. The number of imidazole rings is 1. The fourth-order valence-corrected chi connectivity index (χ4v) is 5.49. The molecule has 0 spiro atoms. The molecule has 4 rings (SSSR count). The van der Waals surface area contributed by atoms with Gasteiger partial charge >= 0.3 is 0 Å². The van der Waals surface area contributed by atoms with E-state index in [1.165, 1.54) is 6.07 Å². The van der Waals surface area contributed by atoms with Gasteiger partial charge in [-0.05, 0) is 80.6 Å². The summed E-state index contributed by atoms with van der Waals surface area (Å²) < 4.78 is 13.8. The highest BCUT2D eigenvalue weighted by Gasteiger charge is 2.52. The lowest BCUT2D eigenvalue weighted by molar-refractivity contribution is -0.0774. The standard InChI is InChI=1S/C27H36FN3O/c1-19(2)26(3)22-12-11-21(28)18-20(22)13-14-27(26,32)15-17-31(4)16-7-10-25-29-23-8-5-6-9-24(23)30-25/h5-6,8-9,11-12,18-19,32H,7,10,13-17H2,1-4H3,(H,29,30)/t26-,27-/m0/s1. The number of hydrogen-bond acceptors (Lipinski definition) is 3. The van der Waals surface area contributed by atoms with Crippen LogP contribution in [0.1, 0.15) is 57.0 Å². The van der Waals surface area contributed by atoms with Crippen LogP contribution in [0.15, 0.2) is 42.5 Å². The number of nitrogens with zero attached hydrogens (tertiary/aromatic N) is 2. The third kappa shape index (κ3) is 4.20. The first-order chi connectivity index (χ1) is 15.2. The van der Waals surface area contributed by atoms with Gasteiger partial charge in [0.15, 0.2) is 0 Å². The summed E-state index contributed by atoms with van der Waals surface area (Å²) in [4.78, 5) is 10.4. The van der Waals surface area contributed by atoms with Crippen molar-refractivity contribution >= 4 is 11.0 Å². The van der Waals surface area contributed by atoms with E-state index in [0.717, 1.165) is 60.3 Å². The topological polar surface area (TPSA) is 52.1 Å². The highest BCUT2D eigenvalue weighted by Crippen LogP contribution is 2.50. The van der Waals surface area contributed by atoms with Gasteiger partial charge in [0.05, 0.1) is 16.6 Å². The van der Waals surface area contributed by atoms with Gasteiger partial charge in [-0.2, -0.15) is 0 Å². The van der Waals surface area contributed by atoms with Crippen LogP contribution in [-0.4, -0.2) is 45.7 Å². The number of aryl methyl sites for hydroxylation is 2. The van der Waals surface area contributed by atoms with Crippen LogP contribution in [0.3, 0.4) is 0 Å². The quantitative estimate of drug-likeness (QED) is 0.506. The summed E-state index contributed by atoms with van der Waals surface area (Å²) >= 11 is 0. The zero-order valence-electron chi connectivity index (χ0n) is 19.8. The number of fused-ring (bicyclic) bond motifs is 2. The van der Waals surface area contributed by atoms with E-state index in [0.29, 0.717) is 12.8 Å². The maximum Gasteiger partial charge on any atom is 0.123 e. The third-order valence-corrected chi connectivity index (χ3v) is 7.86. The Hall–Kier alpha value is -2.24. The summed E-state index contributed by atoms with van der Waals surface area (Å²) in [5, 5.41) is 11.9. The van der Waals surface area contributed by atoms with E-state index < -0.39 is 11.0 Å². The minimum absolute atomic E-state index is 0.190. The van der Waals surface area contributed by atoms with E-state index in [1.807, 2.05) is 24.3 Å². The first-order valence-electron chi connectivity index (χ1n) is 11.9. The Morgan fingerprint density at radius 3 is 2.72 bits per heavy atom. The normalized spacial score (nSPS) is 23.2. The van der Waals surface area contributed by atoms with Gasteiger partial charge in [0, 0.05) is 18.4 Å². The Kier molecular flexibility index (Phi) is 6.42. The van der Waals surface area contributed by atoms with Gasteiger partial charge in [0.2, 0.25) is 0 Å². The van der Waals surface area contributed by atoms with E-state index in [2.05, 4.69) is 48.8 Å². The first-order valence-corrected chi connectivity index (χ1v) is 11.9. The highest BCUT2D eigenvalue weighted by molar-refractivity contribution is 5.74. The molecular formula is C27H36FN3O. The average molecular weight is 438 g/mol. The van der Waals surface area contributed by atoms with Crippen molar-refractivity contribution in [3.8, 4) is 0 Å². The van der Waals surface area contributed by atoms with E-state index in [-0.39, 0.29) is 11.7 Å². The lowest BCUT2D eigenvalue weighted by Gasteiger charge is -2.52. The second kappa shape index (κ2) is 8.95. The molecule has 1 aromatic heterocycles. The Morgan fingerprint density at radius 1 is 1.19 bits per heavy atom. The zero-order chi connectivity index (χ0) is 22.9. The fraction of sp³-hybridized carbons (Fsp3) is 0.519. The molecule has 2 atom stereocenters. The van der Waals surface area contributed by atoms with Crippen molar-refractivity contribution < 1.29 is 9.50 Å². The Bertz CT molecular complexity index is 1040. The Morgan fingerprint density at radius 2 is 1.97 bits per heavy atom. The molecule has 0 fully saturated rings. The summed E-state index contributed by atoms with van der Waals surface area (Å²) in [7, 11) is 2.13. The van der Waals surface area contributed by atoms with E-state index in [9.17, 15) is 9.50 Å². The second-order valence-electron chi connectivity index (χ2n) is 10.0. The van der Waals surface area contributed by atoms with Crippen molar-refractivity contribution in [2.75, 3.05) is 20.1 Å². The van der Waals surface area contributed by atoms with Crippen LogP contribution < -0.4 is 0 Å². The molecule has 0 bridgehead atoms. The molecule has 2 N–H and O–H groups in total. The minimum atomic E-state index is -0.807. The molecule has 3 aromatic rings. The largest absolute Gasteiger partial charge is 0.389 e.